The van der Waals surface area contributed by atoms with E-state index in [0.717, 1.165) is 15.0 Å². The molecule has 0 saturated carbocycles. The van der Waals surface area contributed by atoms with E-state index >= 15 is 0 Å². The van der Waals surface area contributed by atoms with Gasteiger partial charge in [-0.3, -0.25) is 0 Å². The third-order valence-corrected chi connectivity index (χ3v) is 5.48. The van der Waals surface area contributed by atoms with Crippen LogP contribution >= 0.6 is 0 Å². The average Bonchev–Trinajstić information content (AvgIpc) is 2.88. The molecule has 88 valence electrons. The summed E-state index contributed by atoms with van der Waals surface area (Å²) in [7, 11) is 0. The van der Waals surface area contributed by atoms with Gasteiger partial charge >= 0.3 is 100 Å². The van der Waals surface area contributed by atoms with Gasteiger partial charge in [-0.1, -0.05) is 0 Å². The van der Waals surface area contributed by atoms with Crippen molar-refractivity contribution in [3.8, 4) is 0 Å². The van der Waals surface area contributed by atoms with Gasteiger partial charge in [0.15, 0.2) is 0 Å². The third kappa shape index (κ3) is 4.44. The Morgan fingerprint density at radius 2 is 1.07 bits per heavy atom. The molecular weight excluding hydrogens is 251 g/mol. The van der Waals surface area contributed by atoms with Crippen LogP contribution in [0.15, 0.2) is 0 Å². The Balaban J connectivity index is 1.41. The van der Waals surface area contributed by atoms with Crippen LogP contribution in [-0.4, -0.2) is 64.0 Å². The van der Waals surface area contributed by atoms with Crippen molar-refractivity contribution in [1.82, 2.24) is 9.80 Å². The minimum atomic E-state index is 0.908. The van der Waals surface area contributed by atoms with Gasteiger partial charge in [0.25, 0.3) is 0 Å². The van der Waals surface area contributed by atoms with E-state index in [2.05, 4.69) is 9.80 Å². The normalized spacial score (nSPS) is 24.0. The van der Waals surface area contributed by atoms with Crippen LogP contribution in [0.4, 0.5) is 0 Å². The van der Waals surface area contributed by atoms with E-state index in [1.807, 2.05) is 0 Å². The van der Waals surface area contributed by atoms with Gasteiger partial charge < -0.3 is 0 Å². The molecule has 0 radical (unpaired) electrons. The van der Waals surface area contributed by atoms with Crippen LogP contribution in [0.5, 0.6) is 0 Å². The summed E-state index contributed by atoms with van der Waals surface area (Å²) in [5, 5.41) is 2.97. The topological polar surface area (TPSA) is 6.48 Å². The van der Waals surface area contributed by atoms with Crippen molar-refractivity contribution in [3.63, 3.8) is 0 Å². The fraction of sp³-hybridized carbons (Fsp3) is 1.00. The molecule has 0 spiro atoms. The summed E-state index contributed by atoms with van der Waals surface area (Å²) < 4.78 is 0. The van der Waals surface area contributed by atoms with Crippen molar-refractivity contribution in [2.24, 2.45) is 0 Å². The Morgan fingerprint density at radius 3 is 1.47 bits per heavy atom. The first kappa shape index (κ1) is 11.9. The molecule has 2 heterocycles. The summed E-state index contributed by atoms with van der Waals surface area (Å²) in [5.74, 6) is 0. The Hall–Kier alpha value is 0.439. The Labute approximate surface area is 101 Å². The standard InChI is InChI=1S/C12H24N2Se/c1-2-6-13(5-1)9-11-15-12-10-14-7-3-4-8-14/h1-12H2. The van der Waals surface area contributed by atoms with E-state index in [-0.39, 0.29) is 0 Å². The second kappa shape index (κ2) is 6.90. The molecule has 15 heavy (non-hydrogen) atoms. The van der Waals surface area contributed by atoms with Crippen LogP contribution in [-0.2, 0) is 0 Å². The van der Waals surface area contributed by atoms with E-state index in [9.17, 15) is 0 Å². The van der Waals surface area contributed by atoms with E-state index < -0.39 is 0 Å². The second-order valence-corrected chi connectivity index (χ2v) is 7.28. The minimum absolute atomic E-state index is 0.908. The molecule has 0 N–H and O–H groups in total. The molecule has 0 aromatic heterocycles. The quantitative estimate of drug-likeness (QED) is 0.538. The SMILES string of the molecule is C1CCN(CC[Se]CCN2CCCC2)C1. The molecule has 0 bridgehead atoms. The molecule has 2 nitrogen and oxygen atoms in total. The molecular formula is C12H24N2Se. The van der Waals surface area contributed by atoms with Gasteiger partial charge in [-0.05, 0) is 0 Å². The van der Waals surface area contributed by atoms with Crippen molar-refractivity contribution >= 4 is 15.0 Å². The van der Waals surface area contributed by atoms with Gasteiger partial charge in [-0.15, -0.1) is 0 Å². The van der Waals surface area contributed by atoms with E-state index in [1.54, 1.807) is 0 Å². The number of hydrogen-bond acceptors (Lipinski definition) is 2. The van der Waals surface area contributed by atoms with Crippen LogP contribution < -0.4 is 0 Å². The Kier molecular flexibility index (Phi) is 5.48. The Morgan fingerprint density at radius 1 is 0.667 bits per heavy atom. The number of hydrogen-bond donors (Lipinski definition) is 0. The summed E-state index contributed by atoms with van der Waals surface area (Å²) in [4.78, 5) is 5.30. The maximum absolute atomic E-state index is 2.65. The first-order valence-corrected chi connectivity index (χ1v) is 8.90. The molecule has 2 fully saturated rings. The van der Waals surface area contributed by atoms with Crippen LogP contribution in [0.3, 0.4) is 0 Å². The number of likely N-dealkylation sites (tertiary alicyclic amines) is 2. The summed E-state index contributed by atoms with van der Waals surface area (Å²) in [6.45, 7) is 8.29. The van der Waals surface area contributed by atoms with Crippen molar-refractivity contribution < 1.29 is 0 Å². The fourth-order valence-corrected chi connectivity index (χ4v) is 4.56. The molecule has 2 rings (SSSR count). The summed E-state index contributed by atoms with van der Waals surface area (Å²) in [6.07, 6.45) is 5.78. The van der Waals surface area contributed by atoms with Crippen molar-refractivity contribution in [3.05, 3.63) is 0 Å². The summed E-state index contributed by atoms with van der Waals surface area (Å²) in [6, 6.07) is 0. The maximum atomic E-state index is 2.65. The van der Waals surface area contributed by atoms with Crippen LogP contribution in [0.2, 0.25) is 10.6 Å². The molecule has 0 unspecified atom stereocenters. The zero-order chi connectivity index (χ0) is 10.3. The van der Waals surface area contributed by atoms with Crippen molar-refractivity contribution in [2.75, 3.05) is 39.3 Å². The number of nitrogens with zero attached hydrogens (tertiary/aromatic N) is 2. The van der Waals surface area contributed by atoms with Gasteiger partial charge in [0, 0.05) is 0 Å². The van der Waals surface area contributed by atoms with Gasteiger partial charge in [-0.2, -0.15) is 0 Å². The molecule has 0 amide bonds. The third-order valence-electron chi connectivity index (χ3n) is 3.50. The first-order valence-electron chi connectivity index (χ1n) is 6.47. The van der Waals surface area contributed by atoms with Gasteiger partial charge in [0.1, 0.15) is 0 Å². The first-order chi connectivity index (χ1) is 7.45. The predicted octanol–water partition coefficient (Wildman–Crippen LogP) is 1.72. The van der Waals surface area contributed by atoms with E-state index in [0.29, 0.717) is 0 Å². The zero-order valence-corrected chi connectivity index (χ0v) is 11.5. The summed E-state index contributed by atoms with van der Waals surface area (Å²) in [5.41, 5.74) is 0. The zero-order valence-electron chi connectivity index (χ0n) is 9.79. The second-order valence-electron chi connectivity index (χ2n) is 4.71. The average molecular weight is 275 g/mol. The monoisotopic (exact) mass is 276 g/mol. The molecule has 0 aliphatic carbocycles. The van der Waals surface area contributed by atoms with Gasteiger partial charge in [0.05, 0.1) is 0 Å². The van der Waals surface area contributed by atoms with Gasteiger partial charge in [-0.25, -0.2) is 0 Å². The summed E-state index contributed by atoms with van der Waals surface area (Å²) >= 11 is 0.908. The predicted molar refractivity (Wildman–Crippen MR) is 66.7 cm³/mol. The van der Waals surface area contributed by atoms with E-state index in [1.165, 1.54) is 75.6 Å². The molecule has 2 aliphatic heterocycles. The molecule has 3 heteroatoms. The van der Waals surface area contributed by atoms with Crippen LogP contribution in [0.25, 0.3) is 0 Å². The molecule has 0 aromatic carbocycles. The van der Waals surface area contributed by atoms with E-state index in [4.69, 9.17) is 0 Å². The molecule has 2 saturated heterocycles. The fourth-order valence-electron chi connectivity index (χ4n) is 2.50. The van der Waals surface area contributed by atoms with Crippen LogP contribution in [0, 0.1) is 0 Å². The Bertz CT molecular complexity index is 145. The van der Waals surface area contributed by atoms with Gasteiger partial charge in [0.2, 0.25) is 0 Å². The van der Waals surface area contributed by atoms with Crippen molar-refractivity contribution in [2.45, 2.75) is 36.3 Å². The number of rotatable bonds is 6. The van der Waals surface area contributed by atoms with Crippen molar-refractivity contribution in [1.29, 1.82) is 0 Å². The molecule has 0 atom stereocenters. The molecule has 2 aliphatic rings. The molecule has 0 aromatic rings. The van der Waals surface area contributed by atoms with Crippen LogP contribution in [0.1, 0.15) is 25.7 Å².